The molecule has 2 aromatic carbocycles. The van der Waals surface area contributed by atoms with Crippen molar-refractivity contribution >= 4 is 23.2 Å². The number of aliphatic hydroxyl groups is 1. The van der Waals surface area contributed by atoms with Crippen LogP contribution < -0.4 is 0 Å². The highest BCUT2D eigenvalue weighted by Crippen LogP contribution is 2.44. The van der Waals surface area contributed by atoms with Crippen molar-refractivity contribution in [2.75, 3.05) is 0 Å². The number of rotatable bonds is 1. The molecule has 0 aromatic heterocycles. The van der Waals surface area contributed by atoms with Gasteiger partial charge in [-0.2, -0.15) is 0 Å². The van der Waals surface area contributed by atoms with Gasteiger partial charge in [-0.05, 0) is 28.7 Å². The Morgan fingerprint density at radius 3 is 2.41 bits per heavy atom. The lowest BCUT2D eigenvalue weighted by molar-refractivity contribution is 0.219. The molecule has 0 aliphatic heterocycles. The predicted molar refractivity (Wildman–Crippen MR) is 70.3 cm³/mol. The largest absolute Gasteiger partial charge is 0.359 e. The van der Waals surface area contributed by atoms with E-state index in [2.05, 4.69) is 6.07 Å². The highest BCUT2D eigenvalue weighted by atomic mass is 35.5. The van der Waals surface area contributed by atoms with Gasteiger partial charge in [-0.15, -0.1) is 0 Å². The zero-order valence-corrected chi connectivity index (χ0v) is 10.5. The van der Waals surface area contributed by atoms with Gasteiger partial charge in [0.15, 0.2) is 0 Å². The highest BCUT2D eigenvalue weighted by Gasteiger charge is 2.30. The Balaban J connectivity index is 2.30. The quantitative estimate of drug-likeness (QED) is 0.663. The maximum atomic E-state index is 9.81. The lowest BCUT2D eigenvalue weighted by Gasteiger charge is -2.17. The zero-order valence-electron chi connectivity index (χ0n) is 8.95. The first kappa shape index (κ1) is 11.1. The summed E-state index contributed by atoms with van der Waals surface area (Å²) < 4.78 is -1.84. The van der Waals surface area contributed by atoms with Gasteiger partial charge in [0.2, 0.25) is 4.52 Å². The van der Waals surface area contributed by atoms with Crippen LogP contribution in [0.5, 0.6) is 0 Å². The summed E-state index contributed by atoms with van der Waals surface area (Å²) in [5.74, 6) is 0. The Hall–Kier alpha value is -1.02. The number of halogens is 2. The van der Waals surface area contributed by atoms with Gasteiger partial charge in [-0.25, -0.2) is 0 Å². The number of hydrogen-bond donors (Lipinski definition) is 1. The van der Waals surface area contributed by atoms with Crippen LogP contribution in [-0.4, -0.2) is 5.11 Å². The third kappa shape index (κ3) is 1.75. The molecule has 0 atom stereocenters. The van der Waals surface area contributed by atoms with Crippen molar-refractivity contribution < 1.29 is 5.11 Å². The number of fused-ring (bicyclic) bond motifs is 3. The topological polar surface area (TPSA) is 20.2 Å². The van der Waals surface area contributed by atoms with E-state index in [1.54, 1.807) is 6.07 Å². The van der Waals surface area contributed by atoms with Crippen LogP contribution in [0.1, 0.15) is 16.7 Å². The van der Waals surface area contributed by atoms with Crippen LogP contribution in [0.3, 0.4) is 0 Å². The Morgan fingerprint density at radius 1 is 0.941 bits per heavy atom. The second kappa shape index (κ2) is 3.74. The van der Waals surface area contributed by atoms with Crippen LogP contribution in [0, 0.1) is 0 Å². The molecular formula is C14H10Cl2O. The molecule has 1 N–H and O–H groups in total. The minimum absolute atomic E-state index is 0.559. The molecule has 0 amide bonds. The highest BCUT2D eigenvalue weighted by molar-refractivity contribution is 6.46. The minimum atomic E-state index is -1.84. The Kier molecular flexibility index (Phi) is 2.44. The third-order valence-corrected chi connectivity index (χ3v) is 3.55. The summed E-state index contributed by atoms with van der Waals surface area (Å²) in [6.07, 6.45) is 0.864. The third-order valence-electron chi connectivity index (χ3n) is 3.14. The van der Waals surface area contributed by atoms with Gasteiger partial charge in [0.05, 0.1) is 0 Å². The van der Waals surface area contributed by atoms with Crippen LogP contribution >= 0.6 is 23.2 Å². The molecular weight excluding hydrogens is 255 g/mol. The minimum Gasteiger partial charge on any atom is -0.359 e. The fourth-order valence-electron chi connectivity index (χ4n) is 2.44. The summed E-state index contributed by atoms with van der Waals surface area (Å²) in [4.78, 5) is 0. The molecule has 17 heavy (non-hydrogen) atoms. The van der Waals surface area contributed by atoms with Gasteiger partial charge < -0.3 is 5.11 Å². The molecule has 1 aliphatic carbocycles. The first-order valence-corrected chi connectivity index (χ1v) is 6.14. The maximum Gasteiger partial charge on any atom is 0.242 e. The van der Waals surface area contributed by atoms with Crippen molar-refractivity contribution in [3.8, 4) is 11.1 Å². The molecule has 0 fully saturated rings. The number of hydrogen-bond acceptors (Lipinski definition) is 1. The Bertz CT molecular complexity index is 585. The molecule has 1 aliphatic rings. The van der Waals surface area contributed by atoms with E-state index in [4.69, 9.17) is 23.2 Å². The van der Waals surface area contributed by atoms with Crippen molar-refractivity contribution in [2.24, 2.45) is 0 Å². The van der Waals surface area contributed by atoms with Crippen molar-refractivity contribution in [3.05, 3.63) is 59.2 Å². The van der Waals surface area contributed by atoms with Gasteiger partial charge in [0.1, 0.15) is 0 Å². The lowest BCUT2D eigenvalue weighted by Crippen LogP contribution is -2.10. The molecule has 0 saturated heterocycles. The summed E-state index contributed by atoms with van der Waals surface area (Å²) in [5.41, 5.74) is 5.03. The molecule has 0 radical (unpaired) electrons. The first-order chi connectivity index (χ1) is 8.07. The summed E-state index contributed by atoms with van der Waals surface area (Å²) in [7, 11) is 0. The van der Waals surface area contributed by atoms with E-state index in [1.165, 1.54) is 5.56 Å². The van der Waals surface area contributed by atoms with Crippen molar-refractivity contribution in [2.45, 2.75) is 10.9 Å². The summed E-state index contributed by atoms with van der Waals surface area (Å²) in [5, 5.41) is 9.81. The van der Waals surface area contributed by atoms with E-state index in [9.17, 15) is 5.11 Å². The van der Waals surface area contributed by atoms with Gasteiger partial charge in [-0.3, -0.25) is 0 Å². The number of alkyl halides is 2. The molecule has 86 valence electrons. The smallest absolute Gasteiger partial charge is 0.242 e. The van der Waals surface area contributed by atoms with Gasteiger partial charge in [0, 0.05) is 5.56 Å². The molecule has 0 saturated carbocycles. The molecule has 1 nitrogen and oxygen atoms in total. The summed E-state index contributed by atoms with van der Waals surface area (Å²) in [6, 6.07) is 13.8. The number of benzene rings is 2. The van der Waals surface area contributed by atoms with Crippen LogP contribution in [0.4, 0.5) is 0 Å². The maximum absolute atomic E-state index is 9.81. The lowest BCUT2D eigenvalue weighted by atomic mass is 10.00. The van der Waals surface area contributed by atoms with Crippen molar-refractivity contribution in [1.82, 2.24) is 0 Å². The van der Waals surface area contributed by atoms with Crippen LogP contribution in [0.25, 0.3) is 11.1 Å². The van der Waals surface area contributed by atoms with Crippen LogP contribution in [0.2, 0.25) is 0 Å². The zero-order chi connectivity index (χ0) is 12.0. The molecule has 0 unspecified atom stereocenters. The average molecular weight is 265 g/mol. The Labute approximate surface area is 110 Å². The average Bonchev–Trinajstić information content (AvgIpc) is 2.65. The van der Waals surface area contributed by atoms with E-state index in [0.29, 0.717) is 5.56 Å². The monoisotopic (exact) mass is 264 g/mol. The van der Waals surface area contributed by atoms with Gasteiger partial charge in [0.25, 0.3) is 0 Å². The Morgan fingerprint density at radius 2 is 1.65 bits per heavy atom. The van der Waals surface area contributed by atoms with E-state index in [-0.39, 0.29) is 0 Å². The predicted octanol–water partition coefficient (Wildman–Crippen LogP) is 3.84. The van der Waals surface area contributed by atoms with Crippen molar-refractivity contribution in [1.29, 1.82) is 0 Å². The molecule has 3 heteroatoms. The van der Waals surface area contributed by atoms with E-state index in [0.717, 1.165) is 23.1 Å². The molecule has 2 aromatic rings. The second-order valence-corrected chi connectivity index (χ2v) is 5.50. The summed E-state index contributed by atoms with van der Waals surface area (Å²) in [6.45, 7) is 0. The SMILES string of the molecule is OC(Cl)(Cl)c1cccc2c1-c1ccccc1C2. The van der Waals surface area contributed by atoms with Crippen LogP contribution in [0.15, 0.2) is 42.5 Å². The molecule has 3 rings (SSSR count). The van der Waals surface area contributed by atoms with E-state index < -0.39 is 4.52 Å². The van der Waals surface area contributed by atoms with E-state index in [1.807, 2.05) is 30.3 Å². The van der Waals surface area contributed by atoms with Gasteiger partial charge >= 0.3 is 0 Å². The molecule has 0 bridgehead atoms. The first-order valence-electron chi connectivity index (χ1n) is 5.38. The normalized spacial score (nSPS) is 13.4. The fraction of sp³-hybridized carbons (Fsp3) is 0.143. The molecule has 0 spiro atoms. The summed E-state index contributed by atoms with van der Waals surface area (Å²) >= 11 is 11.7. The van der Waals surface area contributed by atoms with Gasteiger partial charge in [-0.1, -0.05) is 65.7 Å². The standard InChI is InChI=1S/C14H10Cl2O/c15-14(16,17)12-7-3-5-10-8-9-4-1-2-6-11(9)13(10)12/h1-7,17H,8H2. The fourth-order valence-corrected chi connectivity index (χ4v) is 2.75. The van der Waals surface area contributed by atoms with Crippen LogP contribution in [-0.2, 0) is 10.9 Å². The molecule has 0 heterocycles. The van der Waals surface area contributed by atoms with E-state index >= 15 is 0 Å². The van der Waals surface area contributed by atoms with Crippen molar-refractivity contribution in [3.63, 3.8) is 0 Å². The second-order valence-electron chi connectivity index (χ2n) is 4.21.